The van der Waals surface area contributed by atoms with Gasteiger partial charge in [-0.25, -0.2) is 9.97 Å². The first-order chi connectivity index (χ1) is 18.9. The zero-order valence-electron chi connectivity index (χ0n) is 24.1. The van der Waals surface area contributed by atoms with Crippen molar-refractivity contribution < 1.29 is 35.0 Å². The maximum absolute atomic E-state index is 13.5. The van der Waals surface area contributed by atoms with Crippen LogP contribution in [0.4, 0.5) is 19.1 Å². The average Bonchev–Trinajstić information content (AvgIpc) is 3.22. The number of nitrogens with zero attached hydrogens (tertiary/aromatic N) is 4. The molecule has 2 aliphatic heterocycles. The molecule has 1 unspecified atom stereocenters. The summed E-state index contributed by atoms with van der Waals surface area (Å²) in [5.41, 5.74) is -0.0348. The van der Waals surface area contributed by atoms with Crippen LogP contribution in [0.25, 0.3) is 0 Å². The first kappa shape index (κ1) is 31.4. The Bertz CT molecular complexity index is 1350. The molecular formula is C27H37F3N4O5SSi. The Balaban J connectivity index is 1.54. The van der Waals surface area contributed by atoms with Crippen LogP contribution in [0.1, 0.15) is 44.7 Å². The number of rotatable bonds is 7. The fourth-order valence-electron chi connectivity index (χ4n) is 4.75. The molecule has 1 aromatic carbocycles. The van der Waals surface area contributed by atoms with Crippen LogP contribution >= 0.6 is 0 Å². The molecule has 0 N–H and O–H groups in total. The quantitative estimate of drug-likeness (QED) is 0.325. The van der Waals surface area contributed by atoms with Gasteiger partial charge < -0.3 is 14.2 Å². The van der Waals surface area contributed by atoms with Gasteiger partial charge in [0.25, 0.3) is 16.0 Å². The zero-order valence-corrected chi connectivity index (χ0v) is 25.9. The van der Waals surface area contributed by atoms with Crippen LogP contribution in [0.5, 0.6) is 0 Å². The van der Waals surface area contributed by atoms with Crippen molar-refractivity contribution in [1.29, 1.82) is 0 Å². The molecule has 41 heavy (non-hydrogen) atoms. The van der Waals surface area contributed by atoms with Crippen molar-refractivity contribution in [2.24, 2.45) is 0 Å². The molecule has 2 aromatic rings. The minimum absolute atomic E-state index is 0.0154. The number of benzene rings is 1. The van der Waals surface area contributed by atoms with E-state index in [2.05, 4.69) is 43.8 Å². The van der Waals surface area contributed by atoms with E-state index in [4.69, 9.17) is 8.61 Å². The lowest BCUT2D eigenvalue weighted by Gasteiger charge is -2.47. The van der Waals surface area contributed by atoms with Crippen molar-refractivity contribution in [1.82, 2.24) is 14.9 Å². The highest BCUT2D eigenvalue weighted by Gasteiger charge is 2.48. The molecule has 1 amide bonds. The van der Waals surface area contributed by atoms with E-state index in [1.165, 1.54) is 12.1 Å². The predicted octanol–water partition coefficient (Wildman–Crippen LogP) is 4.78. The number of carbonyl (C=O) groups is 1. The monoisotopic (exact) mass is 614 g/mol. The minimum Gasteiger partial charge on any atom is -0.410 e. The van der Waals surface area contributed by atoms with Crippen molar-refractivity contribution in [3.8, 4) is 0 Å². The molecule has 2 aliphatic rings. The van der Waals surface area contributed by atoms with Gasteiger partial charge in [0.2, 0.25) is 5.95 Å². The summed E-state index contributed by atoms with van der Waals surface area (Å²) in [6.45, 7) is 13.2. The molecule has 14 heteroatoms. The number of piperidine rings is 1. The molecule has 226 valence electrons. The highest BCUT2D eigenvalue weighted by atomic mass is 32.2. The van der Waals surface area contributed by atoms with Gasteiger partial charge >= 0.3 is 6.18 Å². The summed E-state index contributed by atoms with van der Waals surface area (Å²) in [6, 6.07) is 5.85. The van der Waals surface area contributed by atoms with Crippen molar-refractivity contribution >= 4 is 30.3 Å². The number of aromatic nitrogens is 2. The summed E-state index contributed by atoms with van der Waals surface area (Å²) in [5.74, 6) is -0.271. The van der Waals surface area contributed by atoms with E-state index in [9.17, 15) is 26.4 Å². The van der Waals surface area contributed by atoms with E-state index in [0.29, 0.717) is 19.5 Å². The number of alkyl halides is 3. The van der Waals surface area contributed by atoms with E-state index < -0.39 is 48.3 Å². The average molecular weight is 615 g/mol. The number of hydrogen-bond acceptors (Lipinski definition) is 8. The Morgan fingerprint density at radius 3 is 2.17 bits per heavy atom. The number of halogens is 3. The zero-order chi connectivity index (χ0) is 30.4. The molecule has 0 spiro atoms. The maximum Gasteiger partial charge on any atom is 0.419 e. The summed E-state index contributed by atoms with van der Waals surface area (Å²) in [5, 5.41) is -0.145. The molecule has 9 nitrogen and oxygen atoms in total. The van der Waals surface area contributed by atoms with E-state index >= 15 is 0 Å². The standard InChI is InChI=1S/C27H37F3N4O5SSi/c1-18-7-9-20(10-8-18)40(36,37)38-22-12-14-34(24(22)35)21-11-13-33(17-23(21)39-41(5,6)26(2,3)4)25-31-15-19(16-32-25)27(28,29)30/h7-10,15-16,21-23H,11-14,17H2,1-6H3/t21-,22?,23-/m1/s1. The summed E-state index contributed by atoms with van der Waals surface area (Å²) >= 11 is 0. The van der Waals surface area contributed by atoms with E-state index in [1.807, 2.05) is 6.92 Å². The van der Waals surface area contributed by atoms with Crippen molar-refractivity contribution in [3.63, 3.8) is 0 Å². The Labute approximate surface area is 240 Å². The second-order valence-corrected chi connectivity index (χ2v) is 18.5. The summed E-state index contributed by atoms with van der Waals surface area (Å²) in [4.78, 5) is 24.8. The van der Waals surface area contributed by atoms with Crippen LogP contribution in [0, 0.1) is 6.92 Å². The van der Waals surface area contributed by atoms with Crippen LogP contribution in [0.2, 0.25) is 18.1 Å². The van der Waals surface area contributed by atoms with Gasteiger partial charge in [0.05, 0.1) is 22.6 Å². The number of likely N-dealkylation sites (tertiary alicyclic amines) is 1. The van der Waals surface area contributed by atoms with Gasteiger partial charge in [-0.2, -0.15) is 21.6 Å². The van der Waals surface area contributed by atoms with Crippen molar-refractivity contribution in [3.05, 3.63) is 47.8 Å². The van der Waals surface area contributed by atoms with Gasteiger partial charge in [-0.05, 0) is 43.6 Å². The Morgan fingerprint density at radius 1 is 1.00 bits per heavy atom. The third-order valence-electron chi connectivity index (χ3n) is 8.17. The third-order valence-corrected chi connectivity index (χ3v) is 14.0. The predicted molar refractivity (Wildman–Crippen MR) is 149 cm³/mol. The van der Waals surface area contributed by atoms with Gasteiger partial charge in [-0.1, -0.05) is 38.5 Å². The third kappa shape index (κ3) is 6.92. The molecule has 0 radical (unpaired) electrons. The second kappa shape index (κ2) is 11.3. The molecule has 0 aliphatic carbocycles. The van der Waals surface area contributed by atoms with E-state index in [1.54, 1.807) is 21.9 Å². The van der Waals surface area contributed by atoms with Crippen molar-refractivity contribution in [2.45, 2.75) is 88.0 Å². The fourth-order valence-corrected chi connectivity index (χ4v) is 7.16. The second-order valence-electron chi connectivity index (χ2n) is 12.2. The van der Waals surface area contributed by atoms with Gasteiger partial charge in [0.15, 0.2) is 14.4 Å². The summed E-state index contributed by atoms with van der Waals surface area (Å²) in [7, 11) is -6.50. The lowest BCUT2D eigenvalue weighted by atomic mass is 10.0. The Morgan fingerprint density at radius 2 is 1.61 bits per heavy atom. The lowest BCUT2D eigenvalue weighted by molar-refractivity contribution is -0.138. The topological polar surface area (TPSA) is 102 Å². The molecule has 0 saturated carbocycles. The number of amides is 1. The molecule has 3 heterocycles. The van der Waals surface area contributed by atoms with Crippen LogP contribution < -0.4 is 4.90 Å². The van der Waals surface area contributed by atoms with Crippen LogP contribution in [-0.2, 0) is 29.7 Å². The summed E-state index contributed by atoms with van der Waals surface area (Å²) in [6.07, 6.45) is -4.01. The fraction of sp³-hybridized carbons (Fsp3) is 0.593. The van der Waals surface area contributed by atoms with Crippen molar-refractivity contribution in [2.75, 3.05) is 24.5 Å². The number of hydrogen-bond donors (Lipinski definition) is 0. The molecule has 1 aromatic heterocycles. The first-order valence-electron chi connectivity index (χ1n) is 13.5. The number of anilines is 1. The normalized spacial score (nSPS) is 22.9. The largest absolute Gasteiger partial charge is 0.419 e. The van der Waals surface area contributed by atoms with Crippen LogP contribution in [-0.4, -0.2) is 75.4 Å². The first-order valence-corrected chi connectivity index (χ1v) is 17.8. The summed E-state index contributed by atoms with van der Waals surface area (Å²) < 4.78 is 77.0. The molecule has 4 rings (SSSR count). The van der Waals surface area contributed by atoms with E-state index in [0.717, 1.165) is 18.0 Å². The van der Waals surface area contributed by atoms with E-state index in [-0.39, 0.29) is 34.9 Å². The molecular weight excluding hydrogens is 577 g/mol. The van der Waals surface area contributed by atoms with Crippen LogP contribution in [0.3, 0.4) is 0 Å². The lowest BCUT2D eigenvalue weighted by Crippen LogP contribution is -2.60. The Hall–Kier alpha value is -2.55. The molecule has 2 saturated heterocycles. The smallest absolute Gasteiger partial charge is 0.410 e. The minimum atomic E-state index is -4.54. The SMILES string of the molecule is Cc1ccc(S(=O)(=O)OC2CCN([C@@H]3CCN(c4ncc(C(F)(F)F)cn4)C[C@H]3O[Si](C)(C)C(C)(C)C)C2=O)cc1. The highest BCUT2D eigenvalue weighted by Crippen LogP contribution is 2.40. The highest BCUT2D eigenvalue weighted by molar-refractivity contribution is 7.86. The number of aryl methyl sites for hydroxylation is 1. The number of carbonyl (C=O) groups excluding carboxylic acids is 1. The molecule has 3 atom stereocenters. The van der Waals surface area contributed by atoms with Crippen LogP contribution in [0.15, 0.2) is 41.6 Å². The van der Waals surface area contributed by atoms with Gasteiger partial charge in [-0.3, -0.25) is 8.98 Å². The van der Waals surface area contributed by atoms with Gasteiger partial charge in [0.1, 0.15) is 0 Å². The van der Waals surface area contributed by atoms with Gasteiger partial charge in [-0.15, -0.1) is 0 Å². The molecule has 2 fully saturated rings. The van der Waals surface area contributed by atoms with Gasteiger partial charge in [0, 0.05) is 38.4 Å². The maximum atomic E-state index is 13.5. The molecule has 0 bridgehead atoms. The Kier molecular flexibility index (Phi) is 8.62.